The van der Waals surface area contributed by atoms with Gasteiger partial charge in [-0.3, -0.25) is 9.78 Å². The molecule has 0 saturated heterocycles. The van der Waals surface area contributed by atoms with Crippen molar-refractivity contribution in [2.24, 2.45) is 13.0 Å². The molecule has 0 unspecified atom stereocenters. The minimum Gasteiger partial charge on any atom is -0.489 e. The monoisotopic (exact) mass is 438 g/mol. The molecular formula is C21H26N8O3. The number of nitrogens with one attached hydrogen (secondary N) is 1. The number of carbonyl (C=O) groups is 1. The normalized spacial score (nSPS) is 18.3. The molecule has 3 heterocycles. The number of carboxylic acid groups (broad SMARTS) is 1. The molecule has 1 aliphatic rings. The van der Waals surface area contributed by atoms with Crippen molar-refractivity contribution in [2.75, 3.05) is 5.32 Å². The van der Waals surface area contributed by atoms with Gasteiger partial charge in [0.1, 0.15) is 23.6 Å². The average Bonchev–Trinajstić information content (AvgIpc) is 3.18. The number of aromatic nitrogens is 7. The summed E-state index contributed by atoms with van der Waals surface area (Å²) in [4.78, 5) is 28.4. The van der Waals surface area contributed by atoms with E-state index in [9.17, 15) is 9.90 Å². The van der Waals surface area contributed by atoms with Crippen LogP contribution < -0.4 is 10.1 Å². The van der Waals surface area contributed by atoms with E-state index in [2.05, 4.69) is 35.6 Å². The number of aliphatic carboxylic acids is 1. The lowest BCUT2D eigenvalue weighted by Gasteiger charge is -2.27. The maximum absolute atomic E-state index is 11.3. The first-order valence-corrected chi connectivity index (χ1v) is 10.7. The molecule has 168 valence electrons. The SMILES string of the molecule is CCc1ncnc(NCc2c(-c3ccc(O[C@H]4CCC[C@H](C(=O)O)C4)cn3)nnn2C)n1. The van der Waals surface area contributed by atoms with Gasteiger partial charge in [0.05, 0.1) is 36.2 Å². The molecule has 2 N–H and O–H groups in total. The lowest BCUT2D eigenvalue weighted by molar-refractivity contribution is -0.143. The minimum absolute atomic E-state index is 0.109. The Kier molecular flexibility index (Phi) is 6.52. The third-order valence-electron chi connectivity index (χ3n) is 5.55. The largest absolute Gasteiger partial charge is 0.489 e. The molecule has 1 saturated carbocycles. The van der Waals surface area contributed by atoms with Gasteiger partial charge in [0.25, 0.3) is 0 Å². The van der Waals surface area contributed by atoms with E-state index in [0.29, 0.717) is 42.5 Å². The van der Waals surface area contributed by atoms with Gasteiger partial charge in [-0.2, -0.15) is 4.98 Å². The Hall–Kier alpha value is -3.63. The molecule has 0 amide bonds. The number of hydrogen-bond acceptors (Lipinski definition) is 9. The lowest BCUT2D eigenvalue weighted by Crippen LogP contribution is -2.29. The highest BCUT2D eigenvalue weighted by molar-refractivity contribution is 5.70. The van der Waals surface area contributed by atoms with Crippen LogP contribution in [-0.4, -0.2) is 52.1 Å². The Morgan fingerprint density at radius 3 is 2.91 bits per heavy atom. The second kappa shape index (κ2) is 9.67. The fraction of sp³-hybridized carbons (Fsp3) is 0.476. The summed E-state index contributed by atoms with van der Waals surface area (Å²) in [7, 11) is 1.82. The van der Waals surface area contributed by atoms with E-state index in [1.54, 1.807) is 10.9 Å². The van der Waals surface area contributed by atoms with Crippen molar-refractivity contribution < 1.29 is 14.6 Å². The van der Waals surface area contributed by atoms with Gasteiger partial charge in [-0.05, 0) is 37.8 Å². The maximum Gasteiger partial charge on any atom is 0.306 e. The maximum atomic E-state index is 11.3. The quantitative estimate of drug-likeness (QED) is 0.538. The Morgan fingerprint density at radius 1 is 1.28 bits per heavy atom. The van der Waals surface area contributed by atoms with Gasteiger partial charge in [-0.15, -0.1) is 5.10 Å². The summed E-state index contributed by atoms with van der Waals surface area (Å²) >= 11 is 0. The van der Waals surface area contributed by atoms with Crippen molar-refractivity contribution in [3.63, 3.8) is 0 Å². The summed E-state index contributed by atoms with van der Waals surface area (Å²) in [5.41, 5.74) is 2.15. The molecule has 11 heteroatoms. The molecule has 0 spiro atoms. The summed E-state index contributed by atoms with van der Waals surface area (Å²) in [5.74, 6) is 0.737. The van der Waals surface area contributed by atoms with E-state index < -0.39 is 5.97 Å². The summed E-state index contributed by atoms with van der Waals surface area (Å²) in [6, 6.07) is 3.66. The van der Waals surface area contributed by atoms with Crippen molar-refractivity contribution in [3.05, 3.63) is 36.2 Å². The molecule has 3 aromatic heterocycles. The third kappa shape index (κ3) is 4.98. The number of nitrogens with zero attached hydrogens (tertiary/aromatic N) is 7. The zero-order valence-corrected chi connectivity index (χ0v) is 18.1. The molecule has 1 aliphatic carbocycles. The predicted molar refractivity (Wildman–Crippen MR) is 115 cm³/mol. The molecule has 1 fully saturated rings. The first kappa shape index (κ1) is 21.6. The van der Waals surface area contributed by atoms with Crippen molar-refractivity contribution in [3.8, 4) is 17.1 Å². The van der Waals surface area contributed by atoms with Crippen molar-refractivity contribution in [1.29, 1.82) is 0 Å². The second-order valence-corrected chi connectivity index (χ2v) is 7.76. The molecule has 3 aromatic rings. The van der Waals surface area contributed by atoms with Gasteiger partial charge in [-0.25, -0.2) is 14.6 Å². The van der Waals surface area contributed by atoms with Crippen LogP contribution in [-0.2, 0) is 24.8 Å². The Labute approximate surface area is 185 Å². The van der Waals surface area contributed by atoms with E-state index >= 15 is 0 Å². The molecule has 0 radical (unpaired) electrons. The number of carboxylic acids is 1. The number of hydrogen-bond donors (Lipinski definition) is 2. The summed E-state index contributed by atoms with van der Waals surface area (Å²) < 4.78 is 7.67. The topological polar surface area (TPSA) is 141 Å². The number of ether oxygens (including phenoxy) is 1. The van der Waals surface area contributed by atoms with Gasteiger partial charge in [0.15, 0.2) is 0 Å². The van der Waals surface area contributed by atoms with Gasteiger partial charge >= 0.3 is 5.97 Å². The molecule has 4 rings (SSSR count). The fourth-order valence-electron chi connectivity index (χ4n) is 3.78. The minimum atomic E-state index is -0.751. The number of anilines is 1. The van der Waals surface area contributed by atoms with Crippen LogP contribution in [0.2, 0.25) is 0 Å². The number of pyridine rings is 1. The van der Waals surface area contributed by atoms with Crippen LogP contribution in [0.1, 0.15) is 44.1 Å². The van der Waals surface area contributed by atoms with E-state index in [1.807, 2.05) is 26.1 Å². The summed E-state index contributed by atoms with van der Waals surface area (Å²) in [5, 5.41) is 20.8. The highest BCUT2D eigenvalue weighted by Crippen LogP contribution is 2.29. The first-order chi connectivity index (χ1) is 15.5. The third-order valence-corrected chi connectivity index (χ3v) is 5.55. The van der Waals surface area contributed by atoms with Crippen molar-refractivity contribution >= 4 is 11.9 Å². The molecule has 11 nitrogen and oxygen atoms in total. The molecule has 2 atom stereocenters. The molecule has 0 bridgehead atoms. The smallest absolute Gasteiger partial charge is 0.306 e. The Balaban J connectivity index is 1.43. The fourth-order valence-corrected chi connectivity index (χ4v) is 3.78. The summed E-state index contributed by atoms with van der Waals surface area (Å²) in [6.45, 7) is 2.41. The van der Waals surface area contributed by atoms with Crippen LogP contribution in [0.15, 0.2) is 24.7 Å². The highest BCUT2D eigenvalue weighted by Gasteiger charge is 2.28. The van der Waals surface area contributed by atoms with E-state index in [-0.39, 0.29) is 12.0 Å². The van der Waals surface area contributed by atoms with E-state index in [0.717, 1.165) is 30.8 Å². The van der Waals surface area contributed by atoms with Crippen LogP contribution in [0.4, 0.5) is 5.95 Å². The zero-order valence-electron chi connectivity index (χ0n) is 18.1. The molecule has 0 aromatic carbocycles. The predicted octanol–water partition coefficient (Wildman–Crippen LogP) is 2.26. The van der Waals surface area contributed by atoms with Gasteiger partial charge in [-0.1, -0.05) is 12.1 Å². The van der Waals surface area contributed by atoms with Crippen LogP contribution in [0.25, 0.3) is 11.4 Å². The van der Waals surface area contributed by atoms with Crippen molar-refractivity contribution in [1.82, 2.24) is 34.9 Å². The Morgan fingerprint density at radius 2 is 2.16 bits per heavy atom. The van der Waals surface area contributed by atoms with E-state index in [4.69, 9.17) is 4.74 Å². The molecule has 32 heavy (non-hydrogen) atoms. The van der Waals surface area contributed by atoms with E-state index in [1.165, 1.54) is 6.33 Å². The number of rotatable bonds is 8. The van der Waals surface area contributed by atoms with Gasteiger partial charge < -0.3 is 15.2 Å². The average molecular weight is 438 g/mol. The summed E-state index contributed by atoms with van der Waals surface area (Å²) in [6.07, 6.45) is 6.68. The second-order valence-electron chi connectivity index (χ2n) is 7.76. The standard InChI is InChI=1S/C21H26N8O3/c1-3-18-24-12-25-21(26-18)23-11-17-19(27-28-29(17)2)16-8-7-15(10-22-16)32-14-6-4-5-13(9-14)20(30)31/h7-8,10,12-14H,3-6,9,11H2,1-2H3,(H,30,31)(H,23,24,25,26)/t13-,14-/m0/s1. The Bertz CT molecular complexity index is 1070. The van der Waals surface area contributed by atoms with Crippen LogP contribution >= 0.6 is 0 Å². The van der Waals surface area contributed by atoms with Crippen molar-refractivity contribution in [2.45, 2.75) is 51.7 Å². The lowest BCUT2D eigenvalue weighted by atomic mass is 9.87. The first-order valence-electron chi connectivity index (χ1n) is 10.7. The van der Waals surface area contributed by atoms with Gasteiger partial charge in [0, 0.05) is 13.5 Å². The number of aryl methyl sites for hydroxylation is 2. The van der Waals surface area contributed by atoms with Crippen LogP contribution in [0, 0.1) is 5.92 Å². The van der Waals surface area contributed by atoms with Crippen LogP contribution in [0.3, 0.4) is 0 Å². The highest BCUT2D eigenvalue weighted by atomic mass is 16.5. The van der Waals surface area contributed by atoms with Crippen LogP contribution in [0.5, 0.6) is 5.75 Å². The van der Waals surface area contributed by atoms with Gasteiger partial charge in [0.2, 0.25) is 5.95 Å². The molecule has 0 aliphatic heterocycles. The molecular weight excluding hydrogens is 412 g/mol. The zero-order chi connectivity index (χ0) is 22.5.